The number of piperazine rings is 1. The van der Waals surface area contributed by atoms with E-state index in [1.807, 2.05) is 27.7 Å². The predicted molar refractivity (Wildman–Crippen MR) is 182 cm³/mol. The summed E-state index contributed by atoms with van der Waals surface area (Å²) in [6, 6.07) is 0.784. The van der Waals surface area contributed by atoms with Gasteiger partial charge in [0.25, 0.3) is 0 Å². The number of aliphatic hydroxyl groups is 4. The van der Waals surface area contributed by atoms with Crippen LogP contribution in [0, 0.1) is 11.8 Å². The third-order valence-electron chi connectivity index (χ3n) is 10.8. The minimum atomic E-state index is -1.48. The van der Waals surface area contributed by atoms with Crippen LogP contribution in [0.15, 0.2) is 36.0 Å². The molecule has 1 amide bonds. The van der Waals surface area contributed by atoms with Crippen LogP contribution in [0.3, 0.4) is 0 Å². The van der Waals surface area contributed by atoms with Crippen molar-refractivity contribution in [2.45, 2.75) is 160 Å². The summed E-state index contributed by atoms with van der Waals surface area (Å²) in [6.07, 6.45) is 6.74. The second kappa shape index (κ2) is 15.7. The second-order valence-corrected chi connectivity index (χ2v) is 15.5. The maximum absolute atomic E-state index is 13.4. The van der Waals surface area contributed by atoms with Crippen molar-refractivity contribution in [3.8, 4) is 0 Å². The molecule has 3 saturated heterocycles. The van der Waals surface area contributed by atoms with Gasteiger partial charge >= 0.3 is 12.1 Å². The summed E-state index contributed by atoms with van der Waals surface area (Å²) in [4.78, 5) is 30.5. The number of cyclic esters (lactones) is 1. The van der Waals surface area contributed by atoms with Crippen LogP contribution in [0.2, 0.25) is 0 Å². The fourth-order valence-electron chi connectivity index (χ4n) is 7.53. The Morgan fingerprint density at radius 2 is 1.94 bits per heavy atom. The smallest absolute Gasteiger partial charge is 0.410 e. The highest BCUT2D eigenvalue weighted by molar-refractivity contribution is 5.70. The molecule has 11 heteroatoms. The molecule has 4 aliphatic rings. The van der Waals surface area contributed by atoms with Crippen LogP contribution in [0.5, 0.6) is 0 Å². The quantitative estimate of drug-likeness (QED) is 0.116. The number of epoxide rings is 1. The van der Waals surface area contributed by atoms with Crippen molar-refractivity contribution >= 4 is 12.1 Å². The molecule has 4 rings (SSSR count). The standard InChI is InChI=1S/C37H60N2O9/c1-9-29(41)25(6)34-30(46-34)19-36(7,44)15-10-11-23(4)33-24(5)12-13-31(37(8,45)16-14-28(40)18-32(42)48-33)47-35(43)39-21-26-17-27(39)20-38(26)22(2)3/h10-13,15,22,24-31,33-34,40-41,44-45H,9,14,16-21H2,1-8H3. The summed E-state index contributed by atoms with van der Waals surface area (Å²) in [5.74, 6) is -0.940. The lowest BCUT2D eigenvalue weighted by molar-refractivity contribution is -0.151. The molecule has 4 N–H and O–H groups in total. The maximum Gasteiger partial charge on any atom is 0.410 e. The molecule has 3 fully saturated rings. The van der Waals surface area contributed by atoms with E-state index in [4.69, 9.17) is 14.2 Å². The number of ether oxygens (including phenoxy) is 3. The minimum Gasteiger partial charge on any atom is -0.457 e. The zero-order valence-corrected chi connectivity index (χ0v) is 30.1. The normalized spacial score (nSPS) is 37.6. The summed E-state index contributed by atoms with van der Waals surface area (Å²) in [7, 11) is 0. The number of esters is 1. The molecule has 0 aliphatic carbocycles. The molecule has 0 radical (unpaired) electrons. The summed E-state index contributed by atoms with van der Waals surface area (Å²) >= 11 is 0. The average molecular weight is 677 g/mol. The Balaban J connectivity index is 1.46. The van der Waals surface area contributed by atoms with Crippen LogP contribution in [-0.2, 0) is 19.0 Å². The zero-order valence-electron chi connectivity index (χ0n) is 30.1. The number of aliphatic hydroxyl groups excluding tert-OH is 2. The number of hydrogen-bond acceptors (Lipinski definition) is 10. The van der Waals surface area contributed by atoms with E-state index in [9.17, 15) is 30.0 Å². The van der Waals surface area contributed by atoms with Crippen LogP contribution >= 0.6 is 0 Å². The second-order valence-electron chi connectivity index (χ2n) is 15.5. The lowest BCUT2D eigenvalue weighted by Crippen LogP contribution is -2.52. The summed E-state index contributed by atoms with van der Waals surface area (Å²) in [5, 5.41) is 43.3. The van der Waals surface area contributed by atoms with E-state index in [1.165, 1.54) is 0 Å². The molecule has 0 saturated carbocycles. The van der Waals surface area contributed by atoms with Gasteiger partial charge in [0.05, 0.1) is 36.4 Å². The number of likely N-dealkylation sites (tertiary alicyclic amines) is 2. The van der Waals surface area contributed by atoms with E-state index in [-0.39, 0.29) is 49.3 Å². The molecule has 48 heavy (non-hydrogen) atoms. The number of amides is 1. The predicted octanol–water partition coefficient (Wildman–Crippen LogP) is 3.88. The first-order valence-corrected chi connectivity index (χ1v) is 17.9. The molecule has 4 heterocycles. The molecular weight excluding hydrogens is 616 g/mol. The third-order valence-corrected chi connectivity index (χ3v) is 10.8. The number of fused-ring (bicyclic) bond motifs is 2. The molecular formula is C37H60N2O9. The number of rotatable bonds is 10. The SMILES string of the molecule is CCC(O)C(C)C1OC1CC(C)(O)C=CC=C(C)C1OC(=O)CC(O)CCC(C)(O)C(OC(=O)N2CC3CC2CN3C(C)C)C=CC1C. The number of carbonyl (C=O) groups is 2. The number of carbonyl (C=O) groups excluding carboxylic acids is 2. The van der Waals surface area contributed by atoms with Gasteiger partial charge in [-0.3, -0.25) is 9.69 Å². The van der Waals surface area contributed by atoms with E-state index in [2.05, 4.69) is 18.7 Å². The van der Waals surface area contributed by atoms with Crippen molar-refractivity contribution < 1.29 is 44.2 Å². The molecule has 0 aromatic rings. The number of allylic oxidation sites excluding steroid dienone is 2. The van der Waals surface area contributed by atoms with Gasteiger partial charge in [-0.05, 0) is 72.0 Å². The fourth-order valence-corrected chi connectivity index (χ4v) is 7.53. The molecule has 4 aliphatic heterocycles. The summed E-state index contributed by atoms with van der Waals surface area (Å²) < 4.78 is 17.6. The Bertz CT molecular complexity index is 1210. The molecule has 0 aromatic carbocycles. The van der Waals surface area contributed by atoms with Crippen molar-refractivity contribution in [3.05, 3.63) is 36.0 Å². The van der Waals surface area contributed by atoms with Crippen molar-refractivity contribution in [1.82, 2.24) is 9.80 Å². The molecule has 12 atom stereocenters. The largest absolute Gasteiger partial charge is 0.457 e. The van der Waals surface area contributed by atoms with Crippen LogP contribution < -0.4 is 0 Å². The highest BCUT2D eigenvalue weighted by Gasteiger charge is 2.48. The lowest BCUT2D eigenvalue weighted by atomic mass is 9.88. The number of hydrogen-bond donors (Lipinski definition) is 4. The molecule has 12 unspecified atom stereocenters. The van der Waals surface area contributed by atoms with E-state index in [0.717, 1.165) is 13.0 Å². The van der Waals surface area contributed by atoms with Gasteiger partial charge in [-0.1, -0.05) is 45.1 Å². The van der Waals surface area contributed by atoms with Gasteiger partial charge in [-0.15, -0.1) is 0 Å². The van der Waals surface area contributed by atoms with Gasteiger partial charge in [-0.25, -0.2) is 4.79 Å². The first kappa shape index (κ1) is 38.5. The van der Waals surface area contributed by atoms with Gasteiger partial charge in [0, 0.05) is 49.5 Å². The Labute approximate surface area is 286 Å². The van der Waals surface area contributed by atoms with E-state index < -0.39 is 47.7 Å². The average Bonchev–Trinajstić information content (AvgIpc) is 3.43. The lowest BCUT2D eigenvalue weighted by Gasteiger charge is -2.38. The van der Waals surface area contributed by atoms with Gasteiger partial charge in [-0.2, -0.15) is 0 Å². The van der Waals surface area contributed by atoms with Crippen molar-refractivity contribution in [2.75, 3.05) is 13.1 Å². The zero-order chi connectivity index (χ0) is 35.6. The van der Waals surface area contributed by atoms with Crippen LogP contribution in [0.1, 0.15) is 93.9 Å². The van der Waals surface area contributed by atoms with Crippen LogP contribution in [0.4, 0.5) is 4.79 Å². The van der Waals surface area contributed by atoms with E-state index in [1.54, 1.807) is 49.1 Å². The Kier molecular flexibility index (Phi) is 12.6. The molecule has 0 aromatic heterocycles. The molecule has 272 valence electrons. The van der Waals surface area contributed by atoms with Crippen LogP contribution in [-0.4, -0.2) is 121 Å². The maximum atomic E-state index is 13.4. The number of nitrogens with zero attached hydrogens (tertiary/aromatic N) is 2. The Morgan fingerprint density at radius 3 is 2.56 bits per heavy atom. The van der Waals surface area contributed by atoms with Gasteiger partial charge in [0.2, 0.25) is 0 Å². The molecule has 2 bridgehead atoms. The van der Waals surface area contributed by atoms with Gasteiger partial charge < -0.3 is 39.5 Å². The van der Waals surface area contributed by atoms with E-state index >= 15 is 0 Å². The summed E-state index contributed by atoms with van der Waals surface area (Å²) in [5.41, 5.74) is -1.93. The van der Waals surface area contributed by atoms with Crippen LogP contribution in [0.25, 0.3) is 0 Å². The van der Waals surface area contributed by atoms with Gasteiger partial charge in [0.1, 0.15) is 11.7 Å². The van der Waals surface area contributed by atoms with Gasteiger partial charge in [0.15, 0.2) is 6.10 Å². The van der Waals surface area contributed by atoms with E-state index in [0.29, 0.717) is 37.0 Å². The summed E-state index contributed by atoms with van der Waals surface area (Å²) in [6.45, 7) is 16.6. The van der Waals surface area contributed by atoms with Crippen molar-refractivity contribution in [3.63, 3.8) is 0 Å². The molecule has 11 nitrogen and oxygen atoms in total. The third kappa shape index (κ3) is 9.69. The first-order valence-electron chi connectivity index (χ1n) is 17.9. The highest BCUT2D eigenvalue weighted by Crippen LogP contribution is 2.38. The minimum absolute atomic E-state index is 0.0106. The van der Waals surface area contributed by atoms with Crippen molar-refractivity contribution in [2.24, 2.45) is 11.8 Å². The monoisotopic (exact) mass is 676 g/mol. The molecule has 0 spiro atoms. The first-order chi connectivity index (χ1) is 22.4. The highest BCUT2D eigenvalue weighted by atomic mass is 16.6. The Morgan fingerprint density at radius 1 is 1.23 bits per heavy atom. The van der Waals surface area contributed by atoms with Crippen molar-refractivity contribution in [1.29, 1.82) is 0 Å². The Hall–Kier alpha value is -2.28. The topological polar surface area (TPSA) is 153 Å². The fraction of sp³-hybridized carbons (Fsp3) is 0.784.